The molecule has 1 aliphatic heterocycles. The number of hydrogen-bond acceptors (Lipinski definition) is 9. The van der Waals surface area contributed by atoms with Gasteiger partial charge in [-0.3, -0.25) is 18.8 Å². The lowest BCUT2D eigenvalue weighted by Crippen LogP contribution is -2.35. The lowest BCUT2D eigenvalue weighted by molar-refractivity contribution is -0.143. The van der Waals surface area contributed by atoms with E-state index >= 15 is 0 Å². The fourth-order valence-corrected chi connectivity index (χ4v) is 6.92. The summed E-state index contributed by atoms with van der Waals surface area (Å²) in [6.45, 7) is 4.25. The van der Waals surface area contributed by atoms with E-state index in [0.717, 1.165) is 39.8 Å². The van der Waals surface area contributed by atoms with Crippen molar-refractivity contribution in [3.05, 3.63) is 105 Å². The van der Waals surface area contributed by atoms with E-state index < -0.39 is 0 Å². The lowest BCUT2D eigenvalue weighted by Gasteiger charge is -2.16. The number of nitrogens with zero attached hydrogens (tertiary/aromatic N) is 3. The number of ether oxygens (including phenoxy) is 2. The van der Waals surface area contributed by atoms with E-state index in [0.29, 0.717) is 84.9 Å². The van der Waals surface area contributed by atoms with E-state index in [1.165, 1.54) is 4.40 Å². The molecule has 1 aliphatic rings. The minimum atomic E-state index is -0.229. The van der Waals surface area contributed by atoms with Crippen LogP contribution in [0, 0.1) is 0 Å². The number of nitrogens with one attached hydrogen (secondary N) is 3. The zero-order chi connectivity index (χ0) is 36.6. The van der Waals surface area contributed by atoms with Gasteiger partial charge in [0.05, 0.1) is 29.5 Å². The van der Waals surface area contributed by atoms with Crippen molar-refractivity contribution < 1.29 is 19.1 Å². The first-order valence-electron chi connectivity index (χ1n) is 17.3. The van der Waals surface area contributed by atoms with Crippen molar-refractivity contribution in [2.24, 2.45) is 0 Å². The molecule has 0 unspecified atom stereocenters. The maximum Gasteiger partial charge on any atom is 0.305 e. The summed E-state index contributed by atoms with van der Waals surface area (Å²) < 4.78 is 12.1. The molecule has 1 atom stereocenters. The number of methoxy groups -OCH3 is 1. The molecule has 270 valence electrons. The number of rotatable bonds is 15. The van der Waals surface area contributed by atoms with Crippen molar-refractivity contribution in [3.8, 4) is 39.4 Å². The smallest absolute Gasteiger partial charge is 0.305 e. The van der Waals surface area contributed by atoms with Crippen molar-refractivity contribution in [3.63, 3.8) is 0 Å². The summed E-state index contributed by atoms with van der Waals surface area (Å²) in [6.07, 6.45) is 5.60. The summed E-state index contributed by atoms with van der Waals surface area (Å²) in [6, 6.07) is 19.2. The molecule has 3 N–H and O–H groups in total. The predicted octanol–water partition coefficient (Wildman–Crippen LogP) is 6.21. The summed E-state index contributed by atoms with van der Waals surface area (Å²) in [4.78, 5) is 45.6. The number of pyridine rings is 2. The summed E-state index contributed by atoms with van der Waals surface area (Å²) in [5.41, 5.74) is 6.14. The number of fused-ring (bicyclic) bond motifs is 1. The Balaban J connectivity index is 1.19. The molecule has 13 heteroatoms. The SMILES string of the molecule is CCOC(=O)CCCNCc1cnc2cc(-c3cccc(-c4cccc(-c5ccc(CNC[C@@H]6CCC(=O)N6)c(OC)n5)c4Cl)c3Cl)ccn2c1=O. The van der Waals surface area contributed by atoms with Crippen LogP contribution in [0.1, 0.15) is 43.7 Å². The number of esters is 1. The van der Waals surface area contributed by atoms with Gasteiger partial charge < -0.3 is 25.4 Å². The Morgan fingerprint density at radius 2 is 1.69 bits per heavy atom. The first-order chi connectivity index (χ1) is 25.3. The van der Waals surface area contributed by atoms with Crippen molar-refractivity contribution in [2.75, 3.05) is 26.8 Å². The summed E-state index contributed by atoms with van der Waals surface area (Å²) in [5, 5.41) is 10.6. The standard InChI is InChI=1S/C39H40Cl2N6O5/c1-3-52-35(49)11-6-17-42-21-26-22-44-33-19-24(16-18-47(33)39(26)50)28-7-4-8-29(36(28)40)30-9-5-10-31(37(30)41)32-14-12-25(38(46-32)51-2)20-43-23-27-13-15-34(48)45-27/h4-5,7-10,12,14,16,18-19,22,27,42-43H,3,6,11,13,15,17,20-21,23H2,1-2H3,(H,45,48)/t27-/m0/s1. The molecule has 1 fully saturated rings. The first-order valence-corrected chi connectivity index (χ1v) is 18.0. The van der Waals surface area contributed by atoms with Crippen LogP contribution in [0.2, 0.25) is 10.0 Å². The Bertz CT molecular complexity index is 2160. The Morgan fingerprint density at radius 1 is 0.962 bits per heavy atom. The van der Waals surface area contributed by atoms with Crippen LogP contribution in [0.15, 0.2) is 77.9 Å². The molecule has 0 saturated carbocycles. The van der Waals surface area contributed by atoms with Crippen LogP contribution in [0.5, 0.6) is 5.88 Å². The Hall–Kier alpha value is -4.81. The number of halogens is 2. The van der Waals surface area contributed by atoms with Gasteiger partial charge in [0.15, 0.2) is 0 Å². The third kappa shape index (κ3) is 8.45. The highest BCUT2D eigenvalue weighted by Gasteiger charge is 2.21. The van der Waals surface area contributed by atoms with Crippen LogP contribution in [-0.2, 0) is 27.4 Å². The first kappa shape index (κ1) is 37.0. The summed E-state index contributed by atoms with van der Waals surface area (Å²) >= 11 is 14.2. The molecule has 4 heterocycles. The lowest BCUT2D eigenvalue weighted by atomic mass is 9.97. The molecule has 0 bridgehead atoms. The maximum absolute atomic E-state index is 13.2. The van der Waals surface area contributed by atoms with Gasteiger partial charge in [-0.2, -0.15) is 0 Å². The number of amides is 1. The predicted molar refractivity (Wildman–Crippen MR) is 203 cm³/mol. The summed E-state index contributed by atoms with van der Waals surface area (Å²) in [5.74, 6) is 0.348. The topological polar surface area (TPSA) is 136 Å². The highest BCUT2D eigenvalue weighted by atomic mass is 35.5. The number of carbonyl (C=O) groups is 2. The third-order valence-electron chi connectivity index (χ3n) is 8.93. The zero-order valence-corrected chi connectivity index (χ0v) is 30.5. The van der Waals surface area contributed by atoms with Gasteiger partial charge in [0.1, 0.15) is 5.65 Å². The van der Waals surface area contributed by atoms with Crippen LogP contribution >= 0.6 is 23.2 Å². The molecule has 0 spiro atoms. The minimum Gasteiger partial charge on any atom is -0.481 e. The fraction of sp³-hybridized carbons (Fsp3) is 0.308. The van der Waals surface area contributed by atoms with E-state index in [1.807, 2.05) is 60.7 Å². The van der Waals surface area contributed by atoms with Crippen molar-refractivity contribution in [1.29, 1.82) is 0 Å². The minimum absolute atomic E-state index is 0.0903. The van der Waals surface area contributed by atoms with Crippen LogP contribution in [0.25, 0.3) is 39.2 Å². The molecular formula is C39H40Cl2N6O5. The van der Waals surface area contributed by atoms with Crippen LogP contribution < -0.4 is 26.2 Å². The fourth-order valence-electron chi connectivity index (χ4n) is 6.26. The molecule has 2 aromatic carbocycles. The van der Waals surface area contributed by atoms with Gasteiger partial charge in [-0.05, 0) is 50.1 Å². The number of aromatic nitrogens is 3. The molecule has 52 heavy (non-hydrogen) atoms. The Labute approximate surface area is 311 Å². The van der Waals surface area contributed by atoms with Crippen molar-refractivity contribution in [2.45, 2.75) is 51.7 Å². The van der Waals surface area contributed by atoms with Gasteiger partial charge in [-0.1, -0.05) is 65.7 Å². The average Bonchev–Trinajstić information content (AvgIpc) is 3.57. The van der Waals surface area contributed by atoms with Crippen LogP contribution in [0.3, 0.4) is 0 Å². The Morgan fingerprint density at radius 3 is 2.42 bits per heavy atom. The molecule has 5 aromatic rings. The molecule has 1 saturated heterocycles. The van der Waals surface area contributed by atoms with E-state index in [4.69, 9.17) is 37.7 Å². The normalized spacial score (nSPS) is 14.1. The van der Waals surface area contributed by atoms with E-state index in [2.05, 4.69) is 20.9 Å². The van der Waals surface area contributed by atoms with Gasteiger partial charge in [-0.25, -0.2) is 9.97 Å². The monoisotopic (exact) mass is 742 g/mol. The van der Waals surface area contributed by atoms with Crippen LogP contribution in [0.4, 0.5) is 0 Å². The van der Waals surface area contributed by atoms with E-state index in [1.54, 1.807) is 26.4 Å². The molecule has 0 aliphatic carbocycles. The van der Waals surface area contributed by atoms with E-state index in [-0.39, 0.29) is 23.5 Å². The highest BCUT2D eigenvalue weighted by Crippen LogP contribution is 2.42. The molecule has 0 radical (unpaired) electrons. The molecular weight excluding hydrogens is 703 g/mol. The van der Waals surface area contributed by atoms with Gasteiger partial charge in [-0.15, -0.1) is 0 Å². The van der Waals surface area contributed by atoms with Gasteiger partial charge in [0.25, 0.3) is 5.56 Å². The molecule has 3 aromatic heterocycles. The quantitative estimate of drug-likeness (QED) is 0.0846. The summed E-state index contributed by atoms with van der Waals surface area (Å²) in [7, 11) is 1.59. The number of carbonyl (C=O) groups excluding carboxylic acids is 2. The van der Waals surface area contributed by atoms with Gasteiger partial charge >= 0.3 is 5.97 Å². The largest absolute Gasteiger partial charge is 0.481 e. The second-order valence-corrected chi connectivity index (χ2v) is 13.2. The van der Waals surface area contributed by atoms with Crippen molar-refractivity contribution in [1.82, 2.24) is 30.3 Å². The number of benzene rings is 2. The van der Waals surface area contributed by atoms with E-state index in [9.17, 15) is 14.4 Å². The maximum atomic E-state index is 13.2. The van der Waals surface area contributed by atoms with Crippen LogP contribution in [-0.4, -0.2) is 59.1 Å². The zero-order valence-electron chi connectivity index (χ0n) is 29.0. The molecule has 11 nitrogen and oxygen atoms in total. The third-order valence-corrected chi connectivity index (χ3v) is 9.75. The van der Waals surface area contributed by atoms with Gasteiger partial charge in [0, 0.05) is 84.3 Å². The second kappa shape index (κ2) is 17.1. The second-order valence-electron chi connectivity index (χ2n) is 12.5. The van der Waals surface area contributed by atoms with Gasteiger partial charge in [0.2, 0.25) is 11.8 Å². The molecule has 1 amide bonds. The van der Waals surface area contributed by atoms with Crippen molar-refractivity contribution >= 4 is 40.7 Å². The average molecular weight is 744 g/mol. The number of hydrogen-bond donors (Lipinski definition) is 3. The highest BCUT2D eigenvalue weighted by molar-refractivity contribution is 6.39. The Kier molecular flexibility index (Phi) is 12.2. The molecule has 6 rings (SSSR count).